The van der Waals surface area contributed by atoms with Gasteiger partial charge in [-0.2, -0.15) is 0 Å². The first-order valence-corrected chi connectivity index (χ1v) is 8.30. The van der Waals surface area contributed by atoms with Gasteiger partial charge in [0.1, 0.15) is 5.82 Å². The highest BCUT2D eigenvalue weighted by atomic mass is 79.9. The molecule has 2 atom stereocenters. The van der Waals surface area contributed by atoms with Gasteiger partial charge >= 0.3 is 0 Å². The molecule has 1 aromatic carbocycles. The molecule has 1 aliphatic heterocycles. The first-order chi connectivity index (χ1) is 9.72. The van der Waals surface area contributed by atoms with Gasteiger partial charge in [-0.15, -0.1) is 0 Å². The molecule has 20 heavy (non-hydrogen) atoms. The van der Waals surface area contributed by atoms with Crippen LogP contribution in [0.2, 0.25) is 0 Å². The highest BCUT2D eigenvalue weighted by molar-refractivity contribution is 9.10. The molecule has 0 amide bonds. The zero-order valence-corrected chi connectivity index (χ0v) is 13.6. The fraction of sp³-hybridized carbons (Fsp3) is 0.625. The molecule has 0 radical (unpaired) electrons. The number of ether oxygens (including phenoxy) is 1. The predicted octanol–water partition coefficient (Wildman–Crippen LogP) is 4.59. The van der Waals surface area contributed by atoms with E-state index in [2.05, 4.69) is 28.2 Å². The van der Waals surface area contributed by atoms with Crippen LogP contribution in [0, 0.1) is 5.82 Å². The summed E-state index contributed by atoms with van der Waals surface area (Å²) in [7, 11) is 0. The quantitative estimate of drug-likeness (QED) is 0.815. The van der Waals surface area contributed by atoms with Gasteiger partial charge in [0.2, 0.25) is 0 Å². The Hall–Kier alpha value is -0.450. The van der Waals surface area contributed by atoms with Crippen molar-refractivity contribution in [3.8, 4) is 0 Å². The Morgan fingerprint density at radius 3 is 3.00 bits per heavy atom. The van der Waals surface area contributed by atoms with Gasteiger partial charge in [-0.25, -0.2) is 4.39 Å². The standard InChI is InChI=1S/C16H23BrFNO/c1-2-9-19-15(11-12-6-3-4-10-20-12)13-7-5-8-14(17)16(13)18/h5,7-8,12,15,19H,2-4,6,9-11H2,1H3. The van der Waals surface area contributed by atoms with Crippen LogP contribution in [0.15, 0.2) is 22.7 Å². The molecule has 1 heterocycles. The lowest BCUT2D eigenvalue weighted by atomic mass is 9.96. The predicted molar refractivity (Wildman–Crippen MR) is 83.3 cm³/mol. The van der Waals surface area contributed by atoms with E-state index in [4.69, 9.17) is 4.74 Å². The molecule has 0 spiro atoms. The molecule has 2 rings (SSSR count). The fourth-order valence-corrected chi connectivity index (χ4v) is 3.07. The van der Waals surface area contributed by atoms with Gasteiger partial charge < -0.3 is 10.1 Å². The second-order valence-corrected chi connectivity index (χ2v) is 6.23. The minimum absolute atomic E-state index is 0.0237. The van der Waals surface area contributed by atoms with Gasteiger partial charge in [0.05, 0.1) is 10.6 Å². The molecule has 1 fully saturated rings. The van der Waals surface area contributed by atoms with Gasteiger partial charge in [0.15, 0.2) is 0 Å². The third-order valence-corrected chi connectivity index (χ3v) is 4.38. The van der Waals surface area contributed by atoms with Crippen LogP contribution in [-0.2, 0) is 4.74 Å². The smallest absolute Gasteiger partial charge is 0.142 e. The Labute approximate surface area is 129 Å². The van der Waals surface area contributed by atoms with Gasteiger partial charge in [-0.05, 0) is 60.6 Å². The van der Waals surface area contributed by atoms with E-state index in [0.29, 0.717) is 4.47 Å². The maximum Gasteiger partial charge on any atom is 0.142 e. The van der Waals surface area contributed by atoms with Crippen LogP contribution in [-0.4, -0.2) is 19.3 Å². The third-order valence-electron chi connectivity index (χ3n) is 3.77. The van der Waals surface area contributed by atoms with Gasteiger partial charge in [0, 0.05) is 18.2 Å². The average molecular weight is 344 g/mol. The summed E-state index contributed by atoms with van der Waals surface area (Å²) in [6.45, 7) is 3.86. The number of hydrogen-bond donors (Lipinski definition) is 1. The molecule has 1 saturated heterocycles. The molecule has 2 nitrogen and oxygen atoms in total. The molecular weight excluding hydrogens is 321 g/mol. The van der Waals surface area contributed by atoms with Crippen molar-refractivity contribution in [2.24, 2.45) is 0 Å². The maximum absolute atomic E-state index is 14.3. The lowest BCUT2D eigenvalue weighted by molar-refractivity contribution is 0.00485. The van der Waals surface area contributed by atoms with E-state index >= 15 is 0 Å². The second-order valence-electron chi connectivity index (χ2n) is 5.37. The Bertz CT molecular complexity index is 421. The van der Waals surface area contributed by atoms with Crippen LogP contribution in [0.3, 0.4) is 0 Å². The second kappa shape index (κ2) is 8.11. The fourth-order valence-electron chi connectivity index (χ4n) is 2.68. The highest BCUT2D eigenvalue weighted by Gasteiger charge is 2.23. The molecule has 0 saturated carbocycles. The van der Waals surface area contributed by atoms with E-state index in [1.807, 2.05) is 12.1 Å². The maximum atomic E-state index is 14.3. The summed E-state index contributed by atoms with van der Waals surface area (Å²) in [6.07, 6.45) is 5.57. The summed E-state index contributed by atoms with van der Waals surface area (Å²) in [5.41, 5.74) is 0.738. The third kappa shape index (κ3) is 4.27. The van der Waals surface area contributed by atoms with Crippen molar-refractivity contribution in [3.05, 3.63) is 34.1 Å². The lowest BCUT2D eigenvalue weighted by Crippen LogP contribution is -2.30. The Balaban J connectivity index is 2.11. The molecule has 112 valence electrons. The van der Waals surface area contributed by atoms with E-state index in [-0.39, 0.29) is 18.0 Å². The van der Waals surface area contributed by atoms with Crippen LogP contribution < -0.4 is 5.32 Å². The SMILES string of the molecule is CCCNC(CC1CCCCO1)c1cccc(Br)c1F. The monoisotopic (exact) mass is 343 g/mol. The average Bonchev–Trinajstić information content (AvgIpc) is 2.48. The molecule has 0 aliphatic carbocycles. The first kappa shape index (κ1) is 15.9. The van der Waals surface area contributed by atoms with Gasteiger partial charge in [0.25, 0.3) is 0 Å². The molecule has 1 N–H and O–H groups in total. The van der Waals surface area contributed by atoms with E-state index in [1.165, 1.54) is 6.42 Å². The highest BCUT2D eigenvalue weighted by Crippen LogP contribution is 2.29. The topological polar surface area (TPSA) is 21.3 Å². The van der Waals surface area contributed by atoms with E-state index in [0.717, 1.165) is 44.4 Å². The number of benzene rings is 1. The van der Waals surface area contributed by atoms with Crippen molar-refractivity contribution < 1.29 is 9.13 Å². The summed E-state index contributed by atoms with van der Waals surface area (Å²) in [6, 6.07) is 5.53. The number of rotatable bonds is 6. The molecule has 0 bridgehead atoms. The lowest BCUT2D eigenvalue weighted by Gasteiger charge is -2.28. The normalized spacial score (nSPS) is 20.9. The summed E-state index contributed by atoms with van der Waals surface area (Å²) < 4.78 is 20.6. The number of hydrogen-bond acceptors (Lipinski definition) is 2. The van der Waals surface area contributed by atoms with Crippen molar-refractivity contribution in [1.82, 2.24) is 5.32 Å². The molecular formula is C16H23BrFNO. The first-order valence-electron chi connectivity index (χ1n) is 7.51. The van der Waals surface area contributed by atoms with E-state index < -0.39 is 0 Å². The Morgan fingerprint density at radius 1 is 1.45 bits per heavy atom. The summed E-state index contributed by atoms with van der Waals surface area (Å²) in [5.74, 6) is -0.156. The zero-order chi connectivity index (χ0) is 14.4. The van der Waals surface area contributed by atoms with Crippen molar-refractivity contribution in [1.29, 1.82) is 0 Å². The zero-order valence-electron chi connectivity index (χ0n) is 12.0. The molecule has 4 heteroatoms. The minimum Gasteiger partial charge on any atom is -0.378 e. The van der Waals surface area contributed by atoms with Crippen molar-refractivity contribution in [2.75, 3.05) is 13.2 Å². The van der Waals surface area contributed by atoms with E-state index in [9.17, 15) is 4.39 Å². The minimum atomic E-state index is -0.156. The molecule has 0 aromatic heterocycles. The Morgan fingerprint density at radius 2 is 2.30 bits per heavy atom. The van der Waals surface area contributed by atoms with Crippen molar-refractivity contribution in [3.63, 3.8) is 0 Å². The largest absolute Gasteiger partial charge is 0.378 e. The molecule has 1 aromatic rings. The van der Waals surface area contributed by atoms with Crippen LogP contribution in [0.5, 0.6) is 0 Å². The van der Waals surface area contributed by atoms with Crippen LogP contribution >= 0.6 is 15.9 Å². The van der Waals surface area contributed by atoms with Crippen LogP contribution in [0.4, 0.5) is 4.39 Å². The number of halogens is 2. The van der Waals surface area contributed by atoms with Gasteiger partial charge in [-0.3, -0.25) is 0 Å². The molecule has 1 aliphatic rings. The van der Waals surface area contributed by atoms with Crippen molar-refractivity contribution >= 4 is 15.9 Å². The Kier molecular flexibility index (Phi) is 6.46. The van der Waals surface area contributed by atoms with Crippen LogP contribution in [0.1, 0.15) is 50.6 Å². The summed E-state index contributed by atoms with van der Waals surface area (Å²) in [5, 5.41) is 3.46. The van der Waals surface area contributed by atoms with E-state index in [1.54, 1.807) is 6.07 Å². The van der Waals surface area contributed by atoms with Crippen LogP contribution in [0.25, 0.3) is 0 Å². The molecule has 2 unspecified atom stereocenters. The summed E-state index contributed by atoms with van der Waals surface area (Å²) >= 11 is 3.27. The number of nitrogens with one attached hydrogen (secondary N) is 1. The summed E-state index contributed by atoms with van der Waals surface area (Å²) in [4.78, 5) is 0. The van der Waals surface area contributed by atoms with Gasteiger partial charge in [-0.1, -0.05) is 19.1 Å². The van der Waals surface area contributed by atoms with Crippen molar-refractivity contribution in [2.45, 2.75) is 51.2 Å².